The van der Waals surface area contributed by atoms with E-state index in [-0.39, 0.29) is 17.4 Å². The van der Waals surface area contributed by atoms with E-state index in [4.69, 9.17) is 5.73 Å². The Hall–Kier alpha value is -1.96. The minimum Gasteiger partial charge on any atom is -0.381 e. The van der Waals surface area contributed by atoms with Crippen molar-refractivity contribution in [2.24, 2.45) is 0 Å². The molecule has 8 heteroatoms. The third-order valence-electron chi connectivity index (χ3n) is 2.64. The Morgan fingerprint density at radius 3 is 2.74 bits per heavy atom. The number of halogens is 1. The number of nitrogens with two attached hydrogens (primary N) is 1. The number of hydrogen-bond donors (Lipinski definition) is 1. The lowest BCUT2D eigenvalue weighted by atomic mass is 10.1. The van der Waals surface area contributed by atoms with E-state index in [9.17, 15) is 10.1 Å². The molecule has 0 bridgehead atoms. The van der Waals surface area contributed by atoms with Crippen molar-refractivity contribution in [1.29, 1.82) is 0 Å². The number of anilines is 1. The van der Waals surface area contributed by atoms with Crippen molar-refractivity contribution in [2.75, 3.05) is 5.73 Å². The molecule has 2 rings (SSSR count). The fraction of sp³-hybridized carbons (Fsp3) is 0.273. The van der Waals surface area contributed by atoms with Crippen LogP contribution in [0.4, 0.5) is 11.5 Å². The van der Waals surface area contributed by atoms with Gasteiger partial charge in [0, 0.05) is 10.5 Å². The Morgan fingerprint density at radius 1 is 1.47 bits per heavy atom. The molecule has 0 aliphatic heterocycles. The van der Waals surface area contributed by atoms with Crippen LogP contribution in [0.2, 0.25) is 0 Å². The van der Waals surface area contributed by atoms with Crippen molar-refractivity contribution in [3.63, 3.8) is 0 Å². The van der Waals surface area contributed by atoms with E-state index in [1.165, 1.54) is 10.7 Å². The van der Waals surface area contributed by atoms with Crippen LogP contribution in [0.5, 0.6) is 0 Å². The first-order chi connectivity index (χ1) is 8.91. The van der Waals surface area contributed by atoms with Crippen LogP contribution in [-0.2, 0) is 0 Å². The number of nitro groups is 1. The minimum absolute atomic E-state index is 0.0539. The topological polar surface area (TPSA) is 99.9 Å². The zero-order valence-electron chi connectivity index (χ0n) is 10.4. The lowest BCUT2D eigenvalue weighted by Crippen LogP contribution is -2.08. The highest BCUT2D eigenvalue weighted by molar-refractivity contribution is 9.10. The number of hydrogen-bond acceptors (Lipinski definition) is 5. The van der Waals surface area contributed by atoms with Crippen molar-refractivity contribution < 1.29 is 4.92 Å². The molecular formula is C11H12BrN5O2. The predicted molar refractivity (Wildman–Crippen MR) is 74.2 cm³/mol. The zero-order chi connectivity index (χ0) is 14.2. The standard InChI is InChI=1S/C11H12BrN5O2/c1-6(2)10-11(13)14-15-16(10)8-4-3-7(12)5-9(8)17(18)19/h3-6H,13H2,1-2H3. The second-order valence-electron chi connectivity index (χ2n) is 4.32. The third kappa shape index (κ3) is 2.43. The minimum atomic E-state index is -0.456. The van der Waals surface area contributed by atoms with Gasteiger partial charge in [-0.2, -0.15) is 0 Å². The van der Waals surface area contributed by atoms with Crippen LogP contribution in [0.15, 0.2) is 22.7 Å². The third-order valence-corrected chi connectivity index (χ3v) is 3.13. The largest absolute Gasteiger partial charge is 0.381 e. The van der Waals surface area contributed by atoms with Crippen LogP contribution in [0.25, 0.3) is 5.69 Å². The van der Waals surface area contributed by atoms with Gasteiger partial charge in [-0.1, -0.05) is 35.0 Å². The molecule has 0 aliphatic carbocycles. The fourth-order valence-corrected chi connectivity index (χ4v) is 2.19. The van der Waals surface area contributed by atoms with Gasteiger partial charge in [-0.05, 0) is 18.1 Å². The number of benzene rings is 1. The summed E-state index contributed by atoms with van der Waals surface area (Å²) in [6, 6.07) is 4.75. The lowest BCUT2D eigenvalue weighted by Gasteiger charge is -2.10. The quantitative estimate of drug-likeness (QED) is 0.690. The second-order valence-corrected chi connectivity index (χ2v) is 5.23. The molecule has 1 aromatic carbocycles. The van der Waals surface area contributed by atoms with Gasteiger partial charge in [0.2, 0.25) is 0 Å². The Bertz CT molecular complexity index is 638. The van der Waals surface area contributed by atoms with Gasteiger partial charge >= 0.3 is 0 Å². The molecule has 0 fully saturated rings. The van der Waals surface area contributed by atoms with Crippen LogP contribution in [-0.4, -0.2) is 19.9 Å². The van der Waals surface area contributed by atoms with Gasteiger partial charge in [0.15, 0.2) is 5.82 Å². The molecule has 0 saturated carbocycles. The molecule has 0 atom stereocenters. The first-order valence-corrected chi connectivity index (χ1v) is 6.36. The average Bonchev–Trinajstić information content (AvgIpc) is 2.70. The van der Waals surface area contributed by atoms with Crippen molar-refractivity contribution in [3.8, 4) is 5.69 Å². The molecule has 0 saturated heterocycles. The highest BCUT2D eigenvalue weighted by Gasteiger charge is 2.22. The molecule has 1 aromatic heterocycles. The summed E-state index contributed by atoms with van der Waals surface area (Å²) < 4.78 is 2.05. The Morgan fingerprint density at radius 2 is 2.16 bits per heavy atom. The molecule has 0 radical (unpaired) electrons. The Kier molecular flexibility index (Phi) is 3.52. The summed E-state index contributed by atoms with van der Waals surface area (Å²) in [5.74, 6) is 0.338. The molecule has 19 heavy (non-hydrogen) atoms. The number of aromatic nitrogens is 3. The van der Waals surface area contributed by atoms with Crippen LogP contribution < -0.4 is 5.73 Å². The summed E-state index contributed by atoms with van der Waals surface area (Å²) in [6.07, 6.45) is 0. The van der Waals surface area contributed by atoms with Crippen molar-refractivity contribution in [2.45, 2.75) is 19.8 Å². The molecule has 0 amide bonds. The lowest BCUT2D eigenvalue weighted by molar-refractivity contribution is -0.384. The van der Waals surface area contributed by atoms with E-state index >= 15 is 0 Å². The van der Waals surface area contributed by atoms with E-state index in [0.29, 0.717) is 15.9 Å². The molecule has 1 heterocycles. The molecule has 0 spiro atoms. The summed E-state index contributed by atoms with van der Waals surface area (Å²) in [4.78, 5) is 10.7. The number of rotatable bonds is 3. The van der Waals surface area contributed by atoms with E-state index < -0.39 is 4.92 Å². The van der Waals surface area contributed by atoms with Crippen LogP contribution in [0.1, 0.15) is 25.5 Å². The van der Waals surface area contributed by atoms with Gasteiger partial charge in [-0.25, -0.2) is 4.68 Å². The monoisotopic (exact) mass is 325 g/mol. The summed E-state index contributed by atoms with van der Waals surface area (Å²) in [5, 5.41) is 18.8. The Balaban J connectivity index is 2.69. The van der Waals surface area contributed by atoms with E-state index in [0.717, 1.165) is 0 Å². The average molecular weight is 326 g/mol. The molecule has 0 aliphatic rings. The van der Waals surface area contributed by atoms with Crippen LogP contribution >= 0.6 is 15.9 Å². The molecule has 0 unspecified atom stereocenters. The summed E-state index contributed by atoms with van der Waals surface area (Å²) >= 11 is 3.22. The highest BCUT2D eigenvalue weighted by atomic mass is 79.9. The Labute approximate surface area is 117 Å². The number of nitrogens with zero attached hydrogens (tertiary/aromatic N) is 4. The first-order valence-electron chi connectivity index (χ1n) is 5.57. The molecule has 2 N–H and O–H groups in total. The summed E-state index contributed by atoms with van der Waals surface area (Å²) in [6.45, 7) is 3.85. The van der Waals surface area contributed by atoms with Gasteiger partial charge in [-0.15, -0.1) is 5.10 Å². The van der Waals surface area contributed by atoms with Gasteiger partial charge in [0.1, 0.15) is 5.69 Å². The summed E-state index contributed by atoms with van der Waals surface area (Å²) in [7, 11) is 0. The van der Waals surface area contributed by atoms with Crippen molar-refractivity contribution in [1.82, 2.24) is 15.0 Å². The number of nitro benzene ring substituents is 1. The van der Waals surface area contributed by atoms with E-state index in [2.05, 4.69) is 26.2 Å². The fourth-order valence-electron chi connectivity index (χ4n) is 1.84. The first kappa shape index (κ1) is 13.5. The SMILES string of the molecule is CC(C)c1c(N)nnn1-c1ccc(Br)cc1[N+](=O)[O-]. The molecule has 100 valence electrons. The molecular weight excluding hydrogens is 314 g/mol. The number of nitrogen functional groups attached to an aromatic ring is 1. The van der Waals surface area contributed by atoms with E-state index in [1.807, 2.05) is 13.8 Å². The summed E-state index contributed by atoms with van der Waals surface area (Å²) in [5.41, 5.74) is 6.71. The zero-order valence-corrected chi connectivity index (χ0v) is 12.0. The normalized spacial score (nSPS) is 10.9. The van der Waals surface area contributed by atoms with Crippen LogP contribution in [0.3, 0.4) is 0 Å². The molecule has 7 nitrogen and oxygen atoms in total. The van der Waals surface area contributed by atoms with Gasteiger partial charge in [-0.3, -0.25) is 10.1 Å². The highest BCUT2D eigenvalue weighted by Crippen LogP contribution is 2.30. The maximum atomic E-state index is 11.1. The smallest absolute Gasteiger partial charge is 0.296 e. The second kappa shape index (κ2) is 4.96. The van der Waals surface area contributed by atoms with E-state index in [1.54, 1.807) is 12.1 Å². The molecule has 2 aromatic rings. The predicted octanol–water partition coefficient (Wildman–Crippen LogP) is 2.64. The van der Waals surface area contributed by atoms with Gasteiger partial charge in [0.05, 0.1) is 10.6 Å². The maximum absolute atomic E-state index is 11.1. The maximum Gasteiger partial charge on any atom is 0.296 e. The van der Waals surface area contributed by atoms with Crippen LogP contribution in [0, 0.1) is 10.1 Å². The van der Waals surface area contributed by atoms with Crippen molar-refractivity contribution in [3.05, 3.63) is 38.5 Å². The van der Waals surface area contributed by atoms with Gasteiger partial charge in [0.25, 0.3) is 5.69 Å². The van der Waals surface area contributed by atoms with Gasteiger partial charge < -0.3 is 5.73 Å². The van der Waals surface area contributed by atoms with Crippen molar-refractivity contribution >= 4 is 27.4 Å².